The minimum absolute atomic E-state index is 0.171. The summed E-state index contributed by atoms with van der Waals surface area (Å²) < 4.78 is 5.17. The normalized spacial score (nSPS) is 15.1. The summed E-state index contributed by atoms with van der Waals surface area (Å²) in [5.74, 6) is 0.543. The maximum Gasteiger partial charge on any atom is 0.407 e. The molecule has 1 amide bonds. The van der Waals surface area contributed by atoms with Crippen molar-refractivity contribution >= 4 is 11.7 Å². The molecule has 0 unspecified atom stereocenters. The lowest BCUT2D eigenvalue weighted by Gasteiger charge is -2.24. The molecular weight excluding hydrogens is 248 g/mol. The summed E-state index contributed by atoms with van der Waals surface area (Å²) in [6.45, 7) is 0.690. The largest absolute Gasteiger partial charge is 0.495 e. The molecule has 0 fully saturated rings. The topological polar surface area (TPSA) is 82.9 Å². The van der Waals surface area contributed by atoms with Gasteiger partial charge in [-0.3, -0.25) is 4.98 Å². The molecule has 0 radical (unpaired) electrons. The van der Waals surface area contributed by atoms with Crippen molar-refractivity contribution in [3.8, 4) is 5.75 Å². The number of carboxylic acid groups (broad SMARTS) is 1. The predicted octanol–water partition coefficient (Wildman–Crippen LogP) is 1.35. The first-order chi connectivity index (χ1) is 9.15. The van der Waals surface area contributed by atoms with E-state index in [-0.39, 0.29) is 6.61 Å². The molecule has 102 valence electrons. The van der Waals surface area contributed by atoms with E-state index in [0.717, 1.165) is 11.1 Å². The molecule has 2 rings (SSSR count). The number of methoxy groups -OCH3 is 1. The summed E-state index contributed by atoms with van der Waals surface area (Å²) in [6.07, 6.45) is 3.31. The second-order valence-corrected chi connectivity index (χ2v) is 4.24. The predicted molar refractivity (Wildman–Crippen MR) is 68.9 cm³/mol. The lowest BCUT2D eigenvalue weighted by Crippen LogP contribution is -2.33. The highest BCUT2D eigenvalue weighted by Gasteiger charge is 2.17. The molecule has 0 aliphatic carbocycles. The molecule has 1 aliphatic rings. The zero-order valence-electron chi connectivity index (χ0n) is 10.7. The Hall–Kier alpha value is -2.08. The van der Waals surface area contributed by atoms with Crippen molar-refractivity contribution in [2.45, 2.75) is 13.0 Å². The maximum atomic E-state index is 10.8. The second kappa shape index (κ2) is 5.71. The van der Waals surface area contributed by atoms with Crippen molar-refractivity contribution in [1.82, 2.24) is 9.88 Å². The van der Waals surface area contributed by atoms with Crippen LogP contribution < -0.4 is 4.74 Å². The van der Waals surface area contributed by atoms with Gasteiger partial charge in [0.2, 0.25) is 0 Å². The van der Waals surface area contributed by atoms with Gasteiger partial charge in [-0.2, -0.15) is 0 Å². The van der Waals surface area contributed by atoms with Crippen LogP contribution in [0.5, 0.6) is 5.75 Å². The number of nitrogens with zero attached hydrogens (tertiary/aromatic N) is 2. The Bertz CT molecular complexity index is 513. The van der Waals surface area contributed by atoms with E-state index in [4.69, 9.17) is 14.9 Å². The van der Waals surface area contributed by atoms with Crippen LogP contribution in [0, 0.1) is 0 Å². The maximum absolute atomic E-state index is 10.8. The van der Waals surface area contributed by atoms with Crippen molar-refractivity contribution in [2.24, 2.45) is 0 Å². The van der Waals surface area contributed by atoms with E-state index < -0.39 is 6.09 Å². The molecule has 1 aromatic rings. The molecule has 0 aromatic carbocycles. The summed E-state index contributed by atoms with van der Waals surface area (Å²) in [4.78, 5) is 16.3. The van der Waals surface area contributed by atoms with E-state index in [9.17, 15) is 4.79 Å². The van der Waals surface area contributed by atoms with Crippen molar-refractivity contribution < 1.29 is 19.7 Å². The SMILES string of the molecule is COc1cc(C2=CCN(C(=O)O)CC2)cnc1CO. The van der Waals surface area contributed by atoms with Crippen LogP contribution in [0.25, 0.3) is 5.57 Å². The third-order valence-corrected chi connectivity index (χ3v) is 3.15. The van der Waals surface area contributed by atoms with Crippen LogP contribution >= 0.6 is 0 Å². The monoisotopic (exact) mass is 264 g/mol. The van der Waals surface area contributed by atoms with Gasteiger partial charge in [-0.1, -0.05) is 6.08 Å². The fourth-order valence-corrected chi connectivity index (χ4v) is 2.05. The summed E-state index contributed by atoms with van der Waals surface area (Å²) in [6, 6.07) is 1.82. The van der Waals surface area contributed by atoms with Gasteiger partial charge < -0.3 is 19.8 Å². The highest BCUT2D eigenvalue weighted by molar-refractivity contribution is 5.71. The number of rotatable bonds is 3. The number of pyridine rings is 1. The summed E-state index contributed by atoms with van der Waals surface area (Å²) in [5.41, 5.74) is 2.45. The molecule has 1 aliphatic heterocycles. The third-order valence-electron chi connectivity index (χ3n) is 3.15. The number of aromatic nitrogens is 1. The number of aliphatic hydroxyl groups is 1. The van der Waals surface area contributed by atoms with Crippen LogP contribution in [-0.2, 0) is 6.61 Å². The van der Waals surface area contributed by atoms with Crippen molar-refractivity contribution in [1.29, 1.82) is 0 Å². The highest BCUT2D eigenvalue weighted by atomic mass is 16.5. The summed E-state index contributed by atoms with van der Waals surface area (Å²) in [7, 11) is 1.53. The van der Waals surface area contributed by atoms with Crippen molar-refractivity contribution in [3.05, 3.63) is 29.6 Å². The minimum atomic E-state index is -0.901. The molecule has 2 heterocycles. The van der Waals surface area contributed by atoms with E-state index in [0.29, 0.717) is 31.0 Å². The number of hydrogen-bond donors (Lipinski definition) is 2. The fourth-order valence-electron chi connectivity index (χ4n) is 2.05. The van der Waals surface area contributed by atoms with Crippen LogP contribution in [0.15, 0.2) is 18.3 Å². The van der Waals surface area contributed by atoms with Gasteiger partial charge in [-0.05, 0) is 23.6 Å². The van der Waals surface area contributed by atoms with E-state index in [1.165, 1.54) is 12.0 Å². The third kappa shape index (κ3) is 2.85. The van der Waals surface area contributed by atoms with Crippen molar-refractivity contribution in [3.63, 3.8) is 0 Å². The first-order valence-corrected chi connectivity index (χ1v) is 5.96. The average Bonchev–Trinajstić information content (AvgIpc) is 2.46. The van der Waals surface area contributed by atoms with Gasteiger partial charge in [0.15, 0.2) is 0 Å². The zero-order valence-corrected chi connectivity index (χ0v) is 10.7. The number of aliphatic hydroxyl groups excluding tert-OH is 1. The van der Waals surface area contributed by atoms with E-state index in [2.05, 4.69) is 4.98 Å². The van der Waals surface area contributed by atoms with Crippen LogP contribution in [0.1, 0.15) is 17.7 Å². The van der Waals surface area contributed by atoms with E-state index in [1.807, 2.05) is 12.1 Å². The Balaban J connectivity index is 2.21. The Morgan fingerprint density at radius 3 is 2.89 bits per heavy atom. The molecule has 0 saturated heterocycles. The van der Waals surface area contributed by atoms with Crippen LogP contribution in [0.3, 0.4) is 0 Å². The quantitative estimate of drug-likeness (QED) is 0.861. The molecule has 0 saturated carbocycles. The van der Waals surface area contributed by atoms with Gasteiger partial charge in [0.1, 0.15) is 11.4 Å². The Morgan fingerprint density at radius 2 is 2.37 bits per heavy atom. The van der Waals surface area contributed by atoms with E-state index in [1.54, 1.807) is 6.20 Å². The smallest absolute Gasteiger partial charge is 0.407 e. The number of hydrogen-bond acceptors (Lipinski definition) is 4. The Labute approximate surface area is 110 Å². The van der Waals surface area contributed by atoms with Gasteiger partial charge in [0.05, 0.1) is 13.7 Å². The molecule has 0 atom stereocenters. The summed E-state index contributed by atoms with van der Waals surface area (Å²) >= 11 is 0. The van der Waals surface area contributed by atoms with Gasteiger partial charge in [0.25, 0.3) is 0 Å². The van der Waals surface area contributed by atoms with Crippen molar-refractivity contribution in [2.75, 3.05) is 20.2 Å². The van der Waals surface area contributed by atoms with Gasteiger partial charge in [0, 0.05) is 19.3 Å². The average molecular weight is 264 g/mol. The van der Waals surface area contributed by atoms with Crippen LogP contribution in [-0.4, -0.2) is 46.4 Å². The van der Waals surface area contributed by atoms with Crippen LogP contribution in [0.4, 0.5) is 4.79 Å². The molecule has 1 aromatic heterocycles. The fraction of sp³-hybridized carbons (Fsp3) is 0.385. The lowest BCUT2D eigenvalue weighted by atomic mass is 10.0. The summed E-state index contributed by atoms with van der Waals surface area (Å²) in [5, 5.41) is 18.0. The molecule has 2 N–H and O–H groups in total. The molecule has 0 bridgehead atoms. The van der Waals surface area contributed by atoms with Crippen LogP contribution in [0.2, 0.25) is 0 Å². The zero-order chi connectivity index (χ0) is 13.8. The number of amides is 1. The molecule has 6 nitrogen and oxygen atoms in total. The first kappa shape index (κ1) is 13.4. The second-order valence-electron chi connectivity index (χ2n) is 4.24. The lowest BCUT2D eigenvalue weighted by molar-refractivity contribution is 0.150. The highest BCUT2D eigenvalue weighted by Crippen LogP contribution is 2.26. The standard InChI is InChI=1S/C13H16N2O4/c1-19-12-6-10(7-14-11(12)8-16)9-2-4-15(5-3-9)13(17)18/h2,6-7,16H,3-5,8H2,1H3,(H,17,18). The molecule has 6 heteroatoms. The molecule has 0 spiro atoms. The first-order valence-electron chi connectivity index (χ1n) is 5.96. The van der Waals surface area contributed by atoms with Gasteiger partial charge in [-0.25, -0.2) is 4.79 Å². The Kier molecular flexibility index (Phi) is 4.01. The van der Waals surface area contributed by atoms with Gasteiger partial charge >= 0.3 is 6.09 Å². The number of ether oxygens (including phenoxy) is 1. The number of carbonyl (C=O) groups is 1. The van der Waals surface area contributed by atoms with Gasteiger partial charge in [-0.15, -0.1) is 0 Å². The van der Waals surface area contributed by atoms with E-state index >= 15 is 0 Å². The molecule has 19 heavy (non-hydrogen) atoms. The molecular formula is C13H16N2O4. The Morgan fingerprint density at radius 1 is 1.58 bits per heavy atom. The minimum Gasteiger partial charge on any atom is -0.495 e.